The number of rotatable bonds is 4. The first-order chi connectivity index (χ1) is 10.7. The topological polar surface area (TPSA) is 58.1 Å². The molecular weight excluding hydrogens is 296 g/mol. The molecule has 1 atom stereocenters. The van der Waals surface area contributed by atoms with Gasteiger partial charge in [0.1, 0.15) is 0 Å². The van der Waals surface area contributed by atoms with Gasteiger partial charge in [-0.3, -0.25) is 14.7 Å². The Kier molecular flexibility index (Phi) is 4.80. The van der Waals surface area contributed by atoms with E-state index in [2.05, 4.69) is 31.6 Å². The third-order valence-electron chi connectivity index (χ3n) is 3.85. The first kappa shape index (κ1) is 15.1. The van der Waals surface area contributed by atoms with E-state index in [0.717, 1.165) is 30.9 Å². The minimum Gasteiger partial charge on any atom is -0.302 e. The van der Waals surface area contributed by atoms with Crippen LogP contribution in [0.5, 0.6) is 0 Å². The van der Waals surface area contributed by atoms with Crippen molar-refractivity contribution in [2.24, 2.45) is 0 Å². The third kappa shape index (κ3) is 3.69. The predicted molar refractivity (Wildman–Crippen MR) is 87.7 cm³/mol. The molecule has 6 heteroatoms. The number of anilines is 1. The molecule has 1 N–H and O–H groups in total. The molecule has 1 fully saturated rings. The summed E-state index contributed by atoms with van der Waals surface area (Å²) in [4.78, 5) is 22.6. The largest absolute Gasteiger partial charge is 0.302 e. The minimum absolute atomic E-state index is 0.0742. The second-order valence-electron chi connectivity index (χ2n) is 5.56. The molecule has 1 aliphatic rings. The number of carbonyl (C=O) groups is 1. The van der Waals surface area contributed by atoms with Crippen LogP contribution in [0.2, 0.25) is 0 Å². The highest BCUT2D eigenvalue weighted by Gasteiger charge is 2.26. The Morgan fingerprint density at radius 3 is 3.14 bits per heavy atom. The zero-order chi connectivity index (χ0) is 15.4. The Morgan fingerprint density at radius 1 is 1.45 bits per heavy atom. The molecular formula is C16H20N4OS. The summed E-state index contributed by atoms with van der Waals surface area (Å²) >= 11 is 1.49. The standard InChI is InChI=1S/C16H20N4OS/c1-12(21)18-16-19-14(11-22-16)15-7-3-5-9-20(15)10-13-6-2-4-8-17-13/h2,4,6,8,11,15H,3,5,7,9-10H2,1H3,(H,18,19,21). The summed E-state index contributed by atoms with van der Waals surface area (Å²) in [6, 6.07) is 6.35. The number of hydrogen-bond acceptors (Lipinski definition) is 5. The Bertz CT molecular complexity index is 628. The zero-order valence-electron chi connectivity index (χ0n) is 12.7. The molecule has 1 aliphatic heterocycles. The maximum atomic E-state index is 11.1. The van der Waals surface area contributed by atoms with Crippen LogP contribution in [-0.2, 0) is 11.3 Å². The first-order valence-electron chi connectivity index (χ1n) is 7.59. The quantitative estimate of drug-likeness (QED) is 0.941. The SMILES string of the molecule is CC(=O)Nc1nc(C2CCCCN2Cc2ccccn2)cs1. The molecule has 1 saturated heterocycles. The van der Waals surface area contributed by atoms with Gasteiger partial charge in [-0.15, -0.1) is 11.3 Å². The normalized spacial score (nSPS) is 19.0. The van der Waals surface area contributed by atoms with Gasteiger partial charge in [0.25, 0.3) is 0 Å². The number of nitrogens with zero attached hydrogens (tertiary/aromatic N) is 3. The van der Waals surface area contributed by atoms with E-state index in [1.165, 1.54) is 31.1 Å². The molecule has 3 heterocycles. The minimum atomic E-state index is -0.0742. The van der Waals surface area contributed by atoms with E-state index in [4.69, 9.17) is 0 Å². The van der Waals surface area contributed by atoms with Crippen molar-refractivity contribution < 1.29 is 4.79 Å². The molecule has 0 bridgehead atoms. The van der Waals surface area contributed by atoms with E-state index in [-0.39, 0.29) is 5.91 Å². The number of piperidine rings is 1. The number of likely N-dealkylation sites (tertiary alicyclic amines) is 1. The summed E-state index contributed by atoms with van der Waals surface area (Å²) in [6.07, 6.45) is 5.38. The smallest absolute Gasteiger partial charge is 0.223 e. The molecule has 0 spiro atoms. The van der Waals surface area contributed by atoms with E-state index < -0.39 is 0 Å². The number of carbonyl (C=O) groups excluding carboxylic acids is 1. The fraction of sp³-hybridized carbons (Fsp3) is 0.438. The third-order valence-corrected chi connectivity index (χ3v) is 4.63. The predicted octanol–water partition coefficient (Wildman–Crippen LogP) is 3.22. The van der Waals surface area contributed by atoms with Crippen LogP contribution in [0.3, 0.4) is 0 Å². The van der Waals surface area contributed by atoms with E-state index in [1.807, 2.05) is 18.3 Å². The van der Waals surface area contributed by atoms with Crippen molar-refractivity contribution >= 4 is 22.4 Å². The summed E-state index contributed by atoms with van der Waals surface area (Å²) in [7, 11) is 0. The molecule has 2 aromatic heterocycles. The maximum absolute atomic E-state index is 11.1. The molecule has 0 aliphatic carbocycles. The average Bonchev–Trinajstić information content (AvgIpc) is 2.96. The summed E-state index contributed by atoms with van der Waals surface area (Å²) < 4.78 is 0. The van der Waals surface area contributed by atoms with Crippen molar-refractivity contribution in [2.45, 2.75) is 38.8 Å². The highest BCUT2D eigenvalue weighted by molar-refractivity contribution is 7.13. The highest BCUT2D eigenvalue weighted by atomic mass is 32.1. The number of amides is 1. The van der Waals surface area contributed by atoms with Gasteiger partial charge < -0.3 is 5.32 Å². The second-order valence-corrected chi connectivity index (χ2v) is 6.42. The van der Waals surface area contributed by atoms with Crippen LogP contribution < -0.4 is 5.32 Å². The van der Waals surface area contributed by atoms with E-state index in [9.17, 15) is 4.79 Å². The van der Waals surface area contributed by atoms with Gasteiger partial charge in [0.05, 0.1) is 17.4 Å². The van der Waals surface area contributed by atoms with Crippen LogP contribution in [0, 0.1) is 0 Å². The Hall–Kier alpha value is -1.79. The second kappa shape index (κ2) is 6.98. The van der Waals surface area contributed by atoms with Gasteiger partial charge in [0, 0.05) is 25.0 Å². The number of pyridine rings is 1. The van der Waals surface area contributed by atoms with Gasteiger partial charge >= 0.3 is 0 Å². The molecule has 3 rings (SSSR count). The fourth-order valence-corrected chi connectivity index (χ4v) is 3.67. The lowest BCUT2D eigenvalue weighted by Crippen LogP contribution is -2.33. The molecule has 2 aromatic rings. The summed E-state index contributed by atoms with van der Waals surface area (Å²) in [6.45, 7) is 3.42. The van der Waals surface area contributed by atoms with Crippen LogP contribution in [0.4, 0.5) is 5.13 Å². The van der Waals surface area contributed by atoms with Crippen molar-refractivity contribution in [2.75, 3.05) is 11.9 Å². The molecule has 1 unspecified atom stereocenters. The molecule has 1 amide bonds. The molecule has 0 radical (unpaired) electrons. The van der Waals surface area contributed by atoms with E-state index in [0.29, 0.717) is 11.2 Å². The molecule has 5 nitrogen and oxygen atoms in total. The Morgan fingerprint density at radius 2 is 2.36 bits per heavy atom. The van der Waals surface area contributed by atoms with Crippen LogP contribution in [0.1, 0.15) is 43.6 Å². The van der Waals surface area contributed by atoms with Gasteiger partial charge in [-0.2, -0.15) is 0 Å². The first-order valence-corrected chi connectivity index (χ1v) is 8.47. The van der Waals surface area contributed by atoms with Gasteiger partial charge in [-0.05, 0) is 31.5 Å². The molecule has 116 valence electrons. The lowest BCUT2D eigenvalue weighted by Gasteiger charge is -2.34. The molecule has 0 saturated carbocycles. The molecule has 0 aromatic carbocycles. The summed E-state index contributed by atoms with van der Waals surface area (Å²) in [5.41, 5.74) is 2.15. The number of aromatic nitrogens is 2. The number of thiazole rings is 1. The monoisotopic (exact) mass is 316 g/mol. The lowest BCUT2D eigenvalue weighted by atomic mass is 9.99. The van der Waals surface area contributed by atoms with Crippen LogP contribution >= 0.6 is 11.3 Å². The lowest BCUT2D eigenvalue weighted by molar-refractivity contribution is -0.114. The van der Waals surface area contributed by atoms with Crippen LogP contribution in [0.25, 0.3) is 0 Å². The van der Waals surface area contributed by atoms with Gasteiger partial charge in [-0.1, -0.05) is 12.5 Å². The Labute approximate surface area is 134 Å². The van der Waals surface area contributed by atoms with Crippen molar-refractivity contribution in [3.63, 3.8) is 0 Å². The average molecular weight is 316 g/mol. The van der Waals surface area contributed by atoms with Gasteiger partial charge in [-0.25, -0.2) is 4.98 Å². The number of hydrogen-bond donors (Lipinski definition) is 1. The van der Waals surface area contributed by atoms with Crippen LogP contribution in [-0.4, -0.2) is 27.3 Å². The number of nitrogens with one attached hydrogen (secondary N) is 1. The highest BCUT2D eigenvalue weighted by Crippen LogP contribution is 2.33. The van der Waals surface area contributed by atoms with Gasteiger partial charge in [0.15, 0.2) is 5.13 Å². The summed E-state index contributed by atoms with van der Waals surface area (Å²) in [5, 5.41) is 5.51. The van der Waals surface area contributed by atoms with Crippen molar-refractivity contribution in [3.05, 3.63) is 41.2 Å². The zero-order valence-corrected chi connectivity index (χ0v) is 13.5. The fourth-order valence-electron chi connectivity index (χ4n) is 2.86. The van der Waals surface area contributed by atoms with Crippen LogP contribution in [0.15, 0.2) is 29.8 Å². The van der Waals surface area contributed by atoms with Gasteiger partial charge in [0.2, 0.25) is 5.91 Å². The van der Waals surface area contributed by atoms with Crippen molar-refractivity contribution in [1.82, 2.24) is 14.9 Å². The maximum Gasteiger partial charge on any atom is 0.223 e. The Balaban J connectivity index is 1.74. The van der Waals surface area contributed by atoms with E-state index in [1.54, 1.807) is 0 Å². The van der Waals surface area contributed by atoms with E-state index >= 15 is 0 Å². The van der Waals surface area contributed by atoms with Crippen molar-refractivity contribution in [1.29, 1.82) is 0 Å². The molecule has 22 heavy (non-hydrogen) atoms. The summed E-state index contributed by atoms with van der Waals surface area (Å²) in [5.74, 6) is -0.0742. The van der Waals surface area contributed by atoms with Crippen molar-refractivity contribution in [3.8, 4) is 0 Å².